The molecule has 1 atom stereocenters. The number of carbonyl (C=O) groups excluding carboxylic acids is 1. The smallest absolute Gasteiger partial charge is 0.305 e. The molecule has 0 bridgehead atoms. The maximum absolute atomic E-state index is 12.5. The van der Waals surface area contributed by atoms with Crippen LogP contribution in [0.1, 0.15) is 43.4 Å². The summed E-state index contributed by atoms with van der Waals surface area (Å²) >= 11 is 0. The topological polar surface area (TPSA) is 94.1 Å². The first-order chi connectivity index (χ1) is 13.8. The summed E-state index contributed by atoms with van der Waals surface area (Å²) in [6.45, 7) is 3.87. The lowest BCUT2D eigenvalue weighted by molar-refractivity contribution is -0.137. The number of carbonyl (C=O) groups is 2. The molecule has 0 radical (unpaired) electrons. The number of aliphatic carboxylic acids is 1. The minimum atomic E-state index is -1.03. The van der Waals surface area contributed by atoms with Crippen molar-refractivity contribution >= 4 is 11.9 Å². The van der Waals surface area contributed by atoms with Crippen LogP contribution in [0.2, 0.25) is 0 Å². The van der Waals surface area contributed by atoms with Crippen molar-refractivity contribution in [3.05, 3.63) is 53.6 Å². The summed E-state index contributed by atoms with van der Waals surface area (Å²) in [5.41, 5.74) is 1.60. The third-order valence-corrected chi connectivity index (χ3v) is 4.42. The molecule has 0 aliphatic carbocycles. The third kappa shape index (κ3) is 6.14. The predicted molar refractivity (Wildman–Crippen MR) is 109 cm³/mol. The van der Waals surface area contributed by atoms with Gasteiger partial charge in [0.1, 0.15) is 5.75 Å². The van der Waals surface area contributed by atoms with Crippen molar-refractivity contribution in [1.29, 1.82) is 0 Å². The Morgan fingerprint density at radius 2 is 1.69 bits per heavy atom. The molecule has 7 nitrogen and oxygen atoms in total. The Labute approximate surface area is 170 Å². The highest BCUT2D eigenvalue weighted by Crippen LogP contribution is 2.31. The van der Waals surface area contributed by atoms with Gasteiger partial charge in [-0.2, -0.15) is 0 Å². The average molecular weight is 401 g/mol. The van der Waals surface area contributed by atoms with Crippen molar-refractivity contribution in [3.63, 3.8) is 0 Å². The lowest BCUT2D eigenvalue weighted by Gasteiger charge is -2.20. The van der Waals surface area contributed by atoms with Crippen molar-refractivity contribution in [3.8, 4) is 17.2 Å². The SMILES string of the molecule is COc1ccc(C(CC(=O)O)NC(=O)COc2ccccc2C(C)C)cc1OC. The van der Waals surface area contributed by atoms with Gasteiger partial charge >= 0.3 is 5.97 Å². The molecule has 1 amide bonds. The zero-order valence-corrected chi connectivity index (χ0v) is 17.1. The quantitative estimate of drug-likeness (QED) is 0.632. The number of carboxylic acid groups (broad SMARTS) is 1. The van der Waals surface area contributed by atoms with Crippen molar-refractivity contribution in [2.45, 2.75) is 32.2 Å². The van der Waals surface area contributed by atoms with Gasteiger partial charge < -0.3 is 24.6 Å². The van der Waals surface area contributed by atoms with E-state index in [9.17, 15) is 14.7 Å². The number of ether oxygens (including phenoxy) is 3. The zero-order valence-electron chi connectivity index (χ0n) is 17.1. The van der Waals surface area contributed by atoms with Gasteiger partial charge in [-0.25, -0.2) is 0 Å². The standard InChI is InChI=1S/C22H27NO6/c1-14(2)16-7-5-6-8-18(16)29-13-21(24)23-17(12-22(25)26)15-9-10-19(27-3)20(11-15)28-4/h5-11,14,17H,12-13H2,1-4H3,(H,23,24)(H,25,26). The van der Waals surface area contributed by atoms with Crippen LogP contribution in [0, 0.1) is 0 Å². The van der Waals surface area contributed by atoms with E-state index >= 15 is 0 Å². The molecule has 29 heavy (non-hydrogen) atoms. The van der Waals surface area contributed by atoms with Crippen LogP contribution in [0.25, 0.3) is 0 Å². The van der Waals surface area contributed by atoms with Gasteiger partial charge in [-0.05, 0) is 35.2 Å². The maximum Gasteiger partial charge on any atom is 0.305 e. The zero-order chi connectivity index (χ0) is 21.4. The Morgan fingerprint density at radius 3 is 2.31 bits per heavy atom. The Morgan fingerprint density at radius 1 is 1.00 bits per heavy atom. The molecule has 0 aromatic heterocycles. The number of nitrogens with one attached hydrogen (secondary N) is 1. The molecular weight excluding hydrogens is 374 g/mol. The number of hydrogen-bond donors (Lipinski definition) is 2. The lowest BCUT2D eigenvalue weighted by atomic mass is 10.0. The van der Waals surface area contributed by atoms with Gasteiger partial charge in [-0.1, -0.05) is 38.1 Å². The molecule has 1 unspecified atom stereocenters. The number of benzene rings is 2. The van der Waals surface area contributed by atoms with E-state index in [1.807, 2.05) is 38.1 Å². The lowest BCUT2D eigenvalue weighted by Crippen LogP contribution is -2.34. The van der Waals surface area contributed by atoms with Crippen molar-refractivity contribution < 1.29 is 28.9 Å². The Kier molecular flexibility index (Phi) is 7.88. The van der Waals surface area contributed by atoms with E-state index in [2.05, 4.69) is 5.32 Å². The summed E-state index contributed by atoms with van der Waals surface area (Å²) in [4.78, 5) is 23.8. The Bertz CT molecular complexity index is 849. The second-order valence-electron chi connectivity index (χ2n) is 6.81. The van der Waals surface area contributed by atoms with Crippen LogP contribution in [-0.4, -0.2) is 37.8 Å². The molecule has 7 heteroatoms. The van der Waals surface area contributed by atoms with Gasteiger partial charge in [0.05, 0.1) is 26.7 Å². The van der Waals surface area contributed by atoms with Gasteiger partial charge in [0.2, 0.25) is 0 Å². The van der Waals surface area contributed by atoms with Crippen molar-refractivity contribution in [2.24, 2.45) is 0 Å². The Balaban J connectivity index is 2.12. The number of methoxy groups -OCH3 is 2. The molecule has 156 valence electrons. The first-order valence-electron chi connectivity index (χ1n) is 9.30. The molecule has 0 spiro atoms. The second-order valence-corrected chi connectivity index (χ2v) is 6.81. The van der Waals surface area contributed by atoms with E-state index < -0.39 is 17.9 Å². The summed E-state index contributed by atoms with van der Waals surface area (Å²) in [7, 11) is 3.01. The van der Waals surface area contributed by atoms with Crippen LogP contribution in [0.3, 0.4) is 0 Å². The minimum absolute atomic E-state index is 0.215. The fraction of sp³-hybridized carbons (Fsp3) is 0.364. The molecule has 0 heterocycles. The van der Waals surface area contributed by atoms with E-state index in [4.69, 9.17) is 14.2 Å². The predicted octanol–water partition coefficient (Wildman–Crippen LogP) is 3.54. The van der Waals surface area contributed by atoms with Gasteiger partial charge in [0.25, 0.3) is 5.91 Å². The monoisotopic (exact) mass is 401 g/mol. The molecule has 2 rings (SSSR count). The van der Waals surface area contributed by atoms with E-state index in [1.165, 1.54) is 14.2 Å². The summed E-state index contributed by atoms with van der Waals surface area (Å²) in [6.07, 6.45) is -0.274. The highest BCUT2D eigenvalue weighted by atomic mass is 16.5. The second kappa shape index (κ2) is 10.4. The van der Waals surface area contributed by atoms with Gasteiger partial charge in [-0.3, -0.25) is 9.59 Å². The molecule has 0 fully saturated rings. The highest BCUT2D eigenvalue weighted by Gasteiger charge is 2.20. The van der Waals surface area contributed by atoms with E-state index in [0.29, 0.717) is 22.8 Å². The first-order valence-corrected chi connectivity index (χ1v) is 9.30. The van der Waals surface area contributed by atoms with Gasteiger partial charge in [0.15, 0.2) is 18.1 Å². The minimum Gasteiger partial charge on any atom is -0.493 e. The fourth-order valence-corrected chi connectivity index (χ4v) is 2.96. The largest absolute Gasteiger partial charge is 0.493 e. The van der Waals surface area contributed by atoms with Crippen LogP contribution in [-0.2, 0) is 9.59 Å². The molecule has 2 N–H and O–H groups in total. The summed E-state index contributed by atoms with van der Waals surface area (Å²) < 4.78 is 16.1. The molecule has 0 aliphatic heterocycles. The van der Waals surface area contributed by atoms with Crippen LogP contribution < -0.4 is 19.5 Å². The van der Waals surface area contributed by atoms with E-state index in [-0.39, 0.29) is 18.9 Å². The maximum atomic E-state index is 12.5. The first kappa shape index (κ1) is 22.1. The number of para-hydroxylation sites is 1. The molecular formula is C22H27NO6. The number of carboxylic acids is 1. The van der Waals surface area contributed by atoms with E-state index in [0.717, 1.165) is 5.56 Å². The van der Waals surface area contributed by atoms with Crippen LogP contribution in [0.15, 0.2) is 42.5 Å². The van der Waals surface area contributed by atoms with Crippen LogP contribution in [0.5, 0.6) is 17.2 Å². The highest BCUT2D eigenvalue weighted by molar-refractivity contribution is 5.79. The number of hydrogen-bond acceptors (Lipinski definition) is 5. The van der Waals surface area contributed by atoms with E-state index in [1.54, 1.807) is 18.2 Å². The van der Waals surface area contributed by atoms with Gasteiger partial charge in [-0.15, -0.1) is 0 Å². The average Bonchev–Trinajstić information content (AvgIpc) is 2.71. The molecule has 2 aromatic carbocycles. The normalized spacial score (nSPS) is 11.6. The molecule has 0 saturated carbocycles. The fourth-order valence-electron chi connectivity index (χ4n) is 2.96. The summed E-state index contributed by atoms with van der Waals surface area (Å²) in [6, 6.07) is 11.8. The number of amides is 1. The van der Waals surface area contributed by atoms with Crippen LogP contribution >= 0.6 is 0 Å². The van der Waals surface area contributed by atoms with Gasteiger partial charge in [0, 0.05) is 0 Å². The van der Waals surface area contributed by atoms with Crippen LogP contribution in [0.4, 0.5) is 0 Å². The Hall–Kier alpha value is -3.22. The van der Waals surface area contributed by atoms with Crippen molar-refractivity contribution in [1.82, 2.24) is 5.32 Å². The molecule has 2 aromatic rings. The molecule has 0 saturated heterocycles. The van der Waals surface area contributed by atoms with Crippen molar-refractivity contribution in [2.75, 3.05) is 20.8 Å². The third-order valence-electron chi connectivity index (χ3n) is 4.42. The summed E-state index contributed by atoms with van der Waals surface area (Å²) in [5.74, 6) is 0.419. The molecule has 0 aliphatic rings. The summed E-state index contributed by atoms with van der Waals surface area (Å²) in [5, 5.41) is 12.0. The number of rotatable bonds is 10.